The van der Waals surface area contributed by atoms with E-state index in [2.05, 4.69) is 59.9 Å². The molecule has 6 heterocycles. The summed E-state index contributed by atoms with van der Waals surface area (Å²) in [5.41, 5.74) is 6.59. The van der Waals surface area contributed by atoms with Gasteiger partial charge in [0.05, 0.1) is 33.1 Å². The minimum atomic E-state index is -0.954. The largest absolute Gasteiger partial charge is 0.371 e. The lowest BCUT2D eigenvalue weighted by atomic mass is 9.66. The van der Waals surface area contributed by atoms with Crippen LogP contribution in [0.25, 0.3) is 16.6 Å². The first-order chi connectivity index (χ1) is 29.1. The summed E-state index contributed by atoms with van der Waals surface area (Å²) in [6, 6.07) is 18.5. The molecule has 3 aromatic carbocycles. The Hall–Kier alpha value is -4.68. The van der Waals surface area contributed by atoms with Crippen LogP contribution in [-0.2, 0) is 15.0 Å². The zero-order valence-electron chi connectivity index (χ0n) is 34.0. The monoisotopic (exact) mass is 870 g/mol. The Kier molecular flexibility index (Phi) is 9.22. The molecule has 11 nitrogen and oxygen atoms in total. The van der Waals surface area contributed by atoms with Crippen LogP contribution in [0.1, 0.15) is 140 Å². The van der Waals surface area contributed by atoms with Crippen LogP contribution in [-0.4, -0.2) is 81.2 Å². The number of benzene rings is 3. The second-order valence-corrected chi connectivity index (χ2v) is 19.7. The number of carbonyl (C=O) groups excluding carboxylic acids is 4. The molecule has 7 aliphatic rings. The quantitative estimate of drug-likeness (QED) is 0.209. The van der Waals surface area contributed by atoms with Crippen LogP contribution in [0.15, 0.2) is 63.9 Å². The van der Waals surface area contributed by atoms with Crippen LogP contribution >= 0.6 is 15.9 Å². The molecule has 1 N–H and O–H groups in total. The minimum Gasteiger partial charge on any atom is -0.371 e. The Labute approximate surface area is 358 Å². The smallest absolute Gasteiger partial charge is 0.281 e. The number of fused-ring (bicyclic) bond motifs is 8. The van der Waals surface area contributed by atoms with Gasteiger partial charge in [0.1, 0.15) is 11.9 Å². The fourth-order valence-corrected chi connectivity index (χ4v) is 13.1. The normalized spacial score (nSPS) is 24.3. The maximum atomic E-state index is 13.5. The molecule has 4 aromatic rings. The molecule has 3 saturated heterocycles. The first-order valence-corrected chi connectivity index (χ1v) is 23.1. The lowest BCUT2D eigenvalue weighted by molar-refractivity contribution is -0.136. The number of imide groups is 2. The Morgan fingerprint density at radius 2 is 1.48 bits per heavy atom. The van der Waals surface area contributed by atoms with Gasteiger partial charge in [-0.2, -0.15) is 4.98 Å². The van der Waals surface area contributed by atoms with E-state index in [-0.39, 0.29) is 29.7 Å². The van der Waals surface area contributed by atoms with Gasteiger partial charge in [0.2, 0.25) is 11.8 Å². The first-order valence-electron chi connectivity index (χ1n) is 22.3. The Morgan fingerprint density at radius 3 is 2.23 bits per heavy atom. The molecule has 60 heavy (non-hydrogen) atoms. The SMILES string of the molecule is O=C1CCC(N2C(=O)c3ccc(N4CCC5(CCC(N6CCC(c7ccc8c(c7)-n7c(nc(=O)c9c(Br)cccc97)C87CCCCC7)CC6)CC5)CC4)cc3C2=O)C(=O)N1. The second kappa shape index (κ2) is 14.5. The summed E-state index contributed by atoms with van der Waals surface area (Å²) < 4.78 is 3.13. The predicted molar refractivity (Wildman–Crippen MR) is 232 cm³/mol. The van der Waals surface area contributed by atoms with Gasteiger partial charge in [0.25, 0.3) is 17.4 Å². The van der Waals surface area contributed by atoms with Crippen LogP contribution in [0.5, 0.6) is 0 Å². The lowest BCUT2D eigenvalue weighted by Crippen LogP contribution is -2.54. The van der Waals surface area contributed by atoms with Gasteiger partial charge in [-0.1, -0.05) is 37.5 Å². The number of carbonyl (C=O) groups is 4. The minimum absolute atomic E-state index is 0.109. The van der Waals surface area contributed by atoms with Gasteiger partial charge in [0, 0.05) is 35.7 Å². The fourth-order valence-electron chi connectivity index (χ4n) is 12.5. The van der Waals surface area contributed by atoms with Crippen molar-refractivity contribution in [3.8, 4) is 5.69 Å². The molecule has 12 heteroatoms. The van der Waals surface area contributed by atoms with E-state index in [9.17, 15) is 24.0 Å². The summed E-state index contributed by atoms with van der Waals surface area (Å²) in [5.74, 6) is -0.422. The van der Waals surface area contributed by atoms with E-state index in [1.54, 1.807) is 6.07 Å². The number of halogens is 1. The number of amides is 4. The highest BCUT2D eigenvalue weighted by Gasteiger charge is 2.48. The van der Waals surface area contributed by atoms with Crippen molar-refractivity contribution >= 4 is 56.1 Å². The van der Waals surface area contributed by atoms with Gasteiger partial charge in [0.15, 0.2) is 0 Å². The molecule has 1 atom stereocenters. The third-order valence-corrected chi connectivity index (χ3v) is 16.6. The molecule has 2 aliphatic carbocycles. The molecule has 2 spiro atoms. The molecule has 1 aromatic heterocycles. The molecule has 0 radical (unpaired) electrons. The third-order valence-electron chi connectivity index (χ3n) is 15.9. The standard InChI is InChI=1S/C48H51BrN6O5/c49-36-5-4-6-37-41(36)43(58)51-46-48(17-2-1-3-18-48)35-10-7-30(27-39(35)54(37)46)29-15-23-52(24-16-29)31-13-19-47(20-14-31)21-25-53(26-22-47)32-8-9-33-34(28-32)45(60)55(44(33)59)38-11-12-40(56)50-42(38)57/h4-10,27-29,31,38H,1-3,11-26H2,(H,50,56,57). The van der Waals surface area contributed by atoms with Crippen molar-refractivity contribution in [2.75, 3.05) is 31.1 Å². The number of anilines is 1. The number of hydrogen-bond donors (Lipinski definition) is 1. The van der Waals surface area contributed by atoms with E-state index in [1.165, 1.54) is 48.9 Å². The summed E-state index contributed by atoms with van der Waals surface area (Å²) in [7, 11) is 0. The van der Waals surface area contributed by atoms with Crippen LogP contribution in [0.3, 0.4) is 0 Å². The lowest BCUT2D eigenvalue weighted by Gasteiger charge is -2.49. The molecule has 11 rings (SSSR count). The molecular formula is C48H51BrN6O5. The molecule has 0 bridgehead atoms. The van der Waals surface area contributed by atoms with Crippen molar-refractivity contribution in [3.05, 3.63) is 97.5 Å². The summed E-state index contributed by atoms with van der Waals surface area (Å²) >= 11 is 3.66. The Bertz CT molecular complexity index is 2540. The average molecular weight is 872 g/mol. The average Bonchev–Trinajstić information content (AvgIpc) is 3.67. The topological polar surface area (TPSA) is 125 Å². The van der Waals surface area contributed by atoms with E-state index in [0.29, 0.717) is 33.9 Å². The molecule has 2 saturated carbocycles. The maximum absolute atomic E-state index is 13.5. The number of likely N-dealkylation sites (tertiary alicyclic amines) is 1. The predicted octanol–water partition coefficient (Wildman–Crippen LogP) is 7.52. The summed E-state index contributed by atoms with van der Waals surface area (Å²) in [6.07, 6.45) is 15.4. The number of nitrogens with one attached hydrogen (secondary N) is 1. The number of hydrogen-bond acceptors (Lipinski definition) is 8. The summed E-state index contributed by atoms with van der Waals surface area (Å²) in [5, 5.41) is 2.94. The third kappa shape index (κ3) is 5.97. The Balaban J connectivity index is 0.727. The first kappa shape index (κ1) is 38.3. The van der Waals surface area contributed by atoms with Crippen molar-refractivity contribution in [1.29, 1.82) is 0 Å². The van der Waals surface area contributed by atoms with Crippen molar-refractivity contribution in [1.82, 2.24) is 24.7 Å². The zero-order valence-corrected chi connectivity index (χ0v) is 35.6. The van der Waals surface area contributed by atoms with Gasteiger partial charge in [-0.3, -0.25) is 38.8 Å². The van der Waals surface area contributed by atoms with Gasteiger partial charge < -0.3 is 9.80 Å². The molecule has 5 aliphatic heterocycles. The van der Waals surface area contributed by atoms with Gasteiger partial charge in [-0.25, -0.2) is 0 Å². The highest BCUT2D eigenvalue weighted by Crippen LogP contribution is 2.53. The number of piperidine rings is 3. The van der Waals surface area contributed by atoms with Crippen molar-refractivity contribution < 1.29 is 19.2 Å². The van der Waals surface area contributed by atoms with E-state index in [4.69, 9.17) is 4.98 Å². The number of rotatable bonds is 4. The van der Waals surface area contributed by atoms with Crippen LogP contribution in [0.4, 0.5) is 5.69 Å². The van der Waals surface area contributed by atoms with Crippen LogP contribution in [0.2, 0.25) is 0 Å². The fraction of sp³-hybridized carbons (Fsp3) is 0.500. The van der Waals surface area contributed by atoms with Gasteiger partial charge in [-0.15, -0.1) is 0 Å². The second-order valence-electron chi connectivity index (χ2n) is 18.8. The van der Waals surface area contributed by atoms with Crippen molar-refractivity contribution in [3.63, 3.8) is 0 Å². The number of nitrogens with zero attached hydrogens (tertiary/aromatic N) is 5. The zero-order chi connectivity index (χ0) is 40.9. The molecule has 4 amide bonds. The molecule has 1 unspecified atom stereocenters. The van der Waals surface area contributed by atoms with Gasteiger partial charge >= 0.3 is 0 Å². The molecule has 5 fully saturated rings. The maximum Gasteiger partial charge on any atom is 0.281 e. The van der Waals surface area contributed by atoms with Gasteiger partial charge in [-0.05, 0) is 159 Å². The summed E-state index contributed by atoms with van der Waals surface area (Å²) in [4.78, 5) is 75.4. The van der Waals surface area contributed by atoms with E-state index >= 15 is 0 Å². The number of aromatic nitrogens is 2. The highest BCUT2D eigenvalue weighted by molar-refractivity contribution is 9.10. The van der Waals surface area contributed by atoms with E-state index < -0.39 is 23.8 Å². The molecular weight excluding hydrogens is 820 g/mol. The van der Waals surface area contributed by atoms with E-state index in [0.717, 1.165) is 104 Å². The highest BCUT2D eigenvalue weighted by atomic mass is 79.9. The van der Waals surface area contributed by atoms with Crippen molar-refractivity contribution in [2.45, 2.75) is 120 Å². The van der Waals surface area contributed by atoms with Crippen LogP contribution in [0, 0.1) is 5.41 Å². The van der Waals surface area contributed by atoms with E-state index in [1.807, 2.05) is 24.3 Å². The van der Waals surface area contributed by atoms with Crippen LogP contribution < -0.4 is 15.8 Å². The van der Waals surface area contributed by atoms with Crippen molar-refractivity contribution in [2.24, 2.45) is 5.41 Å². The Morgan fingerprint density at radius 1 is 0.733 bits per heavy atom. The molecule has 310 valence electrons. The summed E-state index contributed by atoms with van der Waals surface area (Å²) in [6.45, 7) is 4.08.